The number of rotatable bonds is 2. The Labute approximate surface area is 94.0 Å². The SMILES string of the molecule is CC1(C)CN=C(SCC(=O)O)NC1.Cl. The van der Waals surface area contributed by atoms with Gasteiger partial charge in [-0.05, 0) is 0 Å². The Morgan fingerprint density at radius 3 is 2.79 bits per heavy atom. The third-order valence-electron chi connectivity index (χ3n) is 1.70. The van der Waals surface area contributed by atoms with Crippen LogP contribution in [0.5, 0.6) is 0 Å². The first kappa shape index (κ1) is 13.6. The van der Waals surface area contributed by atoms with Crippen LogP contribution in [0.2, 0.25) is 0 Å². The molecule has 2 N–H and O–H groups in total. The van der Waals surface area contributed by atoms with Crippen molar-refractivity contribution >= 4 is 35.3 Å². The summed E-state index contributed by atoms with van der Waals surface area (Å²) in [4.78, 5) is 14.5. The fourth-order valence-electron chi connectivity index (χ4n) is 0.939. The average Bonchev–Trinajstić information content (AvgIpc) is 2.02. The van der Waals surface area contributed by atoms with Gasteiger partial charge in [0.05, 0.1) is 5.75 Å². The summed E-state index contributed by atoms with van der Waals surface area (Å²) < 4.78 is 0. The summed E-state index contributed by atoms with van der Waals surface area (Å²) in [6.45, 7) is 5.88. The fraction of sp³-hybridized carbons (Fsp3) is 0.750. The summed E-state index contributed by atoms with van der Waals surface area (Å²) in [7, 11) is 0. The standard InChI is InChI=1S/C8H14N2O2S.ClH/c1-8(2)4-9-7(10-5-8)13-3-6(11)12;/h3-5H2,1-2H3,(H,9,10)(H,11,12);1H. The maximum atomic E-state index is 10.3. The van der Waals surface area contributed by atoms with Gasteiger partial charge in [-0.3, -0.25) is 9.79 Å². The van der Waals surface area contributed by atoms with Crippen LogP contribution in [0, 0.1) is 5.41 Å². The molecule has 4 nitrogen and oxygen atoms in total. The number of carboxylic acid groups (broad SMARTS) is 1. The maximum Gasteiger partial charge on any atom is 0.313 e. The van der Waals surface area contributed by atoms with Crippen LogP contribution in [0.1, 0.15) is 13.8 Å². The quantitative estimate of drug-likeness (QED) is 0.759. The van der Waals surface area contributed by atoms with Crippen LogP contribution >= 0.6 is 24.2 Å². The van der Waals surface area contributed by atoms with Crippen molar-refractivity contribution in [2.75, 3.05) is 18.8 Å². The highest BCUT2D eigenvalue weighted by Gasteiger charge is 2.22. The zero-order valence-electron chi connectivity index (χ0n) is 8.24. The fourth-order valence-corrected chi connectivity index (χ4v) is 1.53. The molecule has 6 heteroatoms. The molecule has 0 fully saturated rings. The second-order valence-corrected chi connectivity index (χ2v) is 4.79. The third kappa shape index (κ3) is 4.72. The molecule has 0 bridgehead atoms. The largest absolute Gasteiger partial charge is 0.481 e. The van der Waals surface area contributed by atoms with Crippen LogP contribution in [0.3, 0.4) is 0 Å². The zero-order chi connectivity index (χ0) is 9.90. The minimum absolute atomic E-state index is 0. The predicted molar refractivity (Wildman–Crippen MR) is 61.4 cm³/mol. The van der Waals surface area contributed by atoms with Gasteiger partial charge in [-0.1, -0.05) is 25.6 Å². The van der Waals surface area contributed by atoms with Crippen molar-refractivity contribution in [3.8, 4) is 0 Å². The third-order valence-corrected chi connectivity index (χ3v) is 2.64. The van der Waals surface area contributed by atoms with E-state index >= 15 is 0 Å². The molecule has 14 heavy (non-hydrogen) atoms. The molecule has 0 spiro atoms. The van der Waals surface area contributed by atoms with Crippen LogP contribution in [0.25, 0.3) is 0 Å². The van der Waals surface area contributed by atoms with Crippen LogP contribution < -0.4 is 5.32 Å². The Bertz CT molecular complexity index is 243. The van der Waals surface area contributed by atoms with Gasteiger partial charge < -0.3 is 10.4 Å². The summed E-state index contributed by atoms with van der Waals surface area (Å²) in [6.07, 6.45) is 0. The lowest BCUT2D eigenvalue weighted by Crippen LogP contribution is -2.39. The van der Waals surface area contributed by atoms with Gasteiger partial charge in [0.25, 0.3) is 0 Å². The number of hydrogen-bond donors (Lipinski definition) is 2. The smallest absolute Gasteiger partial charge is 0.313 e. The Kier molecular flexibility index (Phi) is 5.29. The molecule has 82 valence electrons. The molecular formula is C8H15ClN2O2S. The van der Waals surface area contributed by atoms with E-state index in [1.165, 1.54) is 11.8 Å². The zero-order valence-corrected chi connectivity index (χ0v) is 9.87. The number of nitrogens with one attached hydrogen (secondary N) is 1. The van der Waals surface area contributed by atoms with Crippen molar-refractivity contribution in [2.24, 2.45) is 10.4 Å². The van der Waals surface area contributed by atoms with E-state index in [0.717, 1.165) is 18.3 Å². The topological polar surface area (TPSA) is 61.7 Å². The molecular weight excluding hydrogens is 224 g/mol. The van der Waals surface area contributed by atoms with Crippen molar-refractivity contribution < 1.29 is 9.90 Å². The molecule has 1 aliphatic heterocycles. The van der Waals surface area contributed by atoms with E-state index in [2.05, 4.69) is 24.2 Å². The van der Waals surface area contributed by atoms with E-state index in [0.29, 0.717) is 0 Å². The summed E-state index contributed by atoms with van der Waals surface area (Å²) in [5.74, 6) is -0.731. The van der Waals surface area contributed by atoms with E-state index < -0.39 is 5.97 Å². The maximum absolute atomic E-state index is 10.3. The number of carbonyl (C=O) groups is 1. The molecule has 0 radical (unpaired) electrons. The summed E-state index contributed by atoms with van der Waals surface area (Å²) in [5, 5.41) is 12.3. The van der Waals surface area contributed by atoms with E-state index in [4.69, 9.17) is 5.11 Å². The molecule has 0 saturated carbocycles. The van der Waals surface area contributed by atoms with Gasteiger partial charge in [-0.2, -0.15) is 0 Å². The first-order valence-corrected chi connectivity index (χ1v) is 5.11. The lowest BCUT2D eigenvalue weighted by Gasteiger charge is -2.28. The average molecular weight is 239 g/mol. The first-order valence-electron chi connectivity index (χ1n) is 4.12. The normalized spacial score (nSPS) is 18.9. The van der Waals surface area contributed by atoms with Gasteiger partial charge in [-0.15, -0.1) is 12.4 Å². The Balaban J connectivity index is 0.00000169. The number of nitrogens with zero attached hydrogens (tertiary/aromatic N) is 1. The molecule has 0 atom stereocenters. The Hall–Kier alpha value is -0.420. The number of carboxylic acids is 1. The van der Waals surface area contributed by atoms with E-state index in [1.54, 1.807) is 0 Å². The number of halogens is 1. The molecule has 0 unspecified atom stereocenters. The highest BCUT2D eigenvalue weighted by molar-refractivity contribution is 8.14. The summed E-state index contributed by atoms with van der Waals surface area (Å²) in [5.41, 5.74) is 0.188. The van der Waals surface area contributed by atoms with E-state index in [9.17, 15) is 4.79 Å². The van der Waals surface area contributed by atoms with Crippen molar-refractivity contribution in [3.05, 3.63) is 0 Å². The van der Waals surface area contributed by atoms with E-state index in [1.807, 2.05) is 0 Å². The van der Waals surface area contributed by atoms with Gasteiger partial charge >= 0.3 is 5.97 Å². The van der Waals surface area contributed by atoms with Crippen LogP contribution in [-0.4, -0.2) is 35.1 Å². The number of amidine groups is 1. The number of aliphatic imine (C=N–C) groups is 1. The number of aliphatic carboxylic acids is 1. The highest BCUT2D eigenvalue weighted by atomic mass is 35.5. The van der Waals surface area contributed by atoms with Crippen LogP contribution in [-0.2, 0) is 4.79 Å². The molecule has 1 rings (SSSR count). The predicted octanol–water partition coefficient (Wildman–Crippen LogP) is 1.21. The van der Waals surface area contributed by atoms with Crippen molar-refractivity contribution in [1.29, 1.82) is 0 Å². The van der Waals surface area contributed by atoms with Crippen LogP contribution in [0.4, 0.5) is 0 Å². The van der Waals surface area contributed by atoms with Gasteiger partial charge in [0.2, 0.25) is 0 Å². The van der Waals surface area contributed by atoms with Gasteiger partial charge in [-0.25, -0.2) is 0 Å². The number of thioether (sulfide) groups is 1. The summed E-state index contributed by atoms with van der Waals surface area (Å²) >= 11 is 1.25. The van der Waals surface area contributed by atoms with Crippen molar-refractivity contribution in [2.45, 2.75) is 13.8 Å². The highest BCUT2D eigenvalue weighted by Crippen LogP contribution is 2.19. The molecule has 0 aromatic carbocycles. The van der Waals surface area contributed by atoms with Crippen molar-refractivity contribution in [3.63, 3.8) is 0 Å². The molecule has 1 aliphatic rings. The molecule has 0 saturated heterocycles. The van der Waals surface area contributed by atoms with Crippen molar-refractivity contribution in [1.82, 2.24) is 5.32 Å². The lowest BCUT2D eigenvalue weighted by atomic mass is 9.93. The van der Waals surface area contributed by atoms with Crippen LogP contribution in [0.15, 0.2) is 4.99 Å². The molecule has 1 heterocycles. The molecule has 0 amide bonds. The monoisotopic (exact) mass is 238 g/mol. The molecule has 0 aromatic heterocycles. The Morgan fingerprint density at radius 1 is 1.71 bits per heavy atom. The molecule has 0 aliphatic carbocycles. The van der Waals surface area contributed by atoms with E-state index in [-0.39, 0.29) is 23.6 Å². The minimum atomic E-state index is -0.806. The first-order chi connectivity index (χ1) is 5.99. The second kappa shape index (κ2) is 5.46. The Morgan fingerprint density at radius 2 is 2.36 bits per heavy atom. The second-order valence-electron chi connectivity index (χ2n) is 3.82. The van der Waals surface area contributed by atoms with Gasteiger partial charge in [0.15, 0.2) is 5.17 Å². The minimum Gasteiger partial charge on any atom is -0.481 e. The lowest BCUT2D eigenvalue weighted by molar-refractivity contribution is -0.133. The molecule has 0 aromatic rings. The number of hydrogen-bond acceptors (Lipinski definition) is 4. The van der Waals surface area contributed by atoms with Gasteiger partial charge in [0.1, 0.15) is 0 Å². The summed E-state index contributed by atoms with van der Waals surface area (Å²) in [6, 6.07) is 0. The van der Waals surface area contributed by atoms with Gasteiger partial charge in [0, 0.05) is 18.5 Å².